The number of carbonyl (C=O) groups excluding carboxylic acids is 2. The van der Waals surface area contributed by atoms with Crippen LogP contribution in [-0.4, -0.2) is 28.5 Å². The summed E-state index contributed by atoms with van der Waals surface area (Å²) in [5.74, 6) is -3.43. The number of aromatic nitrogens is 2. The average molecular weight is 486 g/mol. The Morgan fingerprint density at radius 2 is 1.82 bits per heavy atom. The lowest BCUT2D eigenvalue weighted by Crippen LogP contribution is -2.15. The van der Waals surface area contributed by atoms with Crippen molar-refractivity contribution in [3.05, 3.63) is 75.6 Å². The standard InChI is InChI=1S/C23H17F2N3O3S2/c1-3-31-22(30)21-26-16(11-32-21)18-19(13-7-4-6-12(2)10-13)33-23(27-18)28-20(29)17-14(24)8-5-9-15(17)25/h4-11H,3H2,1-2H3,(H,27,28,29). The van der Waals surface area contributed by atoms with Gasteiger partial charge in [0.25, 0.3) is 5.91 Å². The zero-order valence-corrected chi connectivity index (χ0v) is 19.2. The first-order valence-corrected chi connectivity index (χ1v) is 11.5. The summed E-state index contributed by atoms with van der Waals surface area (Å²) in [6, 6.07) is 10.8. The van der Waals surface area contributed by atoms with E-state index in [1.807, 2.05) is 31.2 Å². The van der Waals surface area contributed by atoms with Gasteiger partial charge in [-0.25, -0.2) is 23.5 Å². The number of benzene rings is 2. The average Bonchev–Trinajstić information content (AvgIpc) is 3.41. The highest BCUT2D eigenvalue weighted by Gasteiger charge is 2.23. The molecule has 2 aromatic heterocycles. The van der Waals surface area contributed by atoms with Crippen LogP contribution in [0.3, 0.4) is 0 Å². The maximum absolute atomic E-state index is 14.0. The lowest BCUT2D eigenvalue weighted by atomic mass is 10.1. The van der Waals surface area contributed by atoms with Crippen LogP contribution >= 0.6 is 22.7 Å². The van der Waals surface area contributed by atoms with Gasteiger partial charge in [-0.15, -0.1) is 11.3 Å². The molecule has 4 aromatic rings. The minimum Gasteiger partial charge on any atom is -0.461 e. The predicted octanol–water partition coefficient (Wildman–Crippen LogP) is 5.95. The van der Waals surface area contributed by atoms with Crippen LogP contribution in [0.15, 0.2) is 47.8 Å². The molecule has 0 bridgehead atoms. The van der Waals surface area contributed by atoms with Crippen LogP contribution in [0.1, 0.15) is 32.6 Å². The number of ether oxygens (including phenoxy) is 1. The van der Waals surface area contributed by atoms with E-state index < -0.39 is 29.1 Å². The van der Waals surface area contributed by atoms with Crippen LogP contribution in [0.5, 0.6) is 0 Å². The summed E-state index contributed by atoms with van der Waals surface area (Å²) in [5, 5.41) is 4.46. The molecular weight excluding hydrogens is 468 g/mol. The molecule has 0 aliphatic rings. The number of amides is 1. The van der Waals surface area contributed by atoms with Crippen molar-refractivity contribution in [3.63, 3.8) is 0 Å². The molecule has 168 valence electrons. The molecule has 0 saturated heterocycles. The summed E-state index contributed by atoms with van der Waals surface area (Å²) in [5.41, 5.74) is 2.00. The largest absolute Gasteiger partial charge is 0.461 e. The van der Waals surface area contributed by atoms with Crippen molar-refractivity contribution in [2.45, 2.75) is 13.8 Å². The molecule has 10 heteroatoms. The molecule has 0 unspecified atom stereocenters. The summed E-state index contributed by atoms with van der Waals surface area (Å²) in [6.45, 7) is 3.87. The van der Waals surface area contributed by atoms with Gasteiger partial charge in [-0.3, -0.25) is 10.1 Å². The highest BCUT2D eigenvalue weighted by atomic mass is 32.1. The Kier molecular flexibility index (Phi) is 6.57. The SMILES string of the molecule is CCOC(=O)c1nc(-c2nc(NC(=O)c3c(F)cccc3F)sc2-c2cccc(C)c2)cs1. The highest BCUT2D eigenvalue weighted by Crippen LogP contribution is 2.39. The van der Waals surface area contributed by atoms with Crippen LogP contribution in [-0.2, 0) is 4.74 Å². The summed E-state index contributed by atoms with van der Waals surface area (Å²) in [4.78, 5) is 34.1. The Bertz CT molecular complexity index is 1330. The number of thiazole rings is 2. The third-order valence-electron chi connectivity index (χ3n) is 4.51. The highest BCUT2D eigenvalue weighted by molar-refractivity contribution is 7.19. The first-order chi connectivity index (χ1) is 15.9. The molecule has 0 aliphatic heterocycles. The Morgan fingerprint density at radius 1 is 1.09 bits per heavy atom. The first-order valence-electron chi connectivity index (χ1n) is 9.83. The van der Waals surface area contributed by atoms with Gasteiger partial charge >= 0.3 is 5.97 Å². The molecule has 0 fully saturated rings. The van der Waals surface area contributed by atoms with Crippen LogP contribution in [0.2, 0.25) is 0 Å². The second kappa shape index (κ2) is 9.55. The molecule has 1 amide bonds. The molecule has 33 heavy (non-hydrogen) atoms. The van der Waals surface area contributed by atoms with Crippen molar-refractivity contribution in [2.75, 3.05) is 11.9 Å². The molecule has 0 aliphatic carbocycles. The number of hydrogen-bond acceptors (Lipinski definition) is 7. The third kappa shape index (κ3) is 4.81. The van der Waals surface area contributed by atoms with E-state index in [1.54, 1.807) is 12.3 Å². The second-order valence-corrected chi connectivity index (χ2v) is 8.73. The van der Waals surface area contributed by atoms with Crippen LogP contribution < -0.4 is 5.32 Å². The van der Waals surface area contributed by atoms with Crippen LogP contribution in [0, 0.1) is 18.6 Å². The van der Waals surface area contributed by atoms with Crippen LogP contribution in [0.4, 0.5) is 13.9 Å². The topological polar surface area (TPSA) is 81.2 Å². The fourth-order valence-electron chi connectivity index (χ4n) is 3.07. The van der Waals surface area contributed by atoms with E-state index in [9.17, 15) is 18.4 Å². The monoisotopic (exact) mass is 485 g/mol. The Hall–Kier alpha value is -3.50. The number of nitrogens with one attached hydrogen (secondary N) is 1. The van der Waals surface area contributed by atoms with E-state index in [0.717, 1.165) is 45.9 Å². The fraction of sp³-hybridized carbons (Fsp3) is 0.130. The molecule has 1 N–H and O–H groups in total. The number of nitrogens with zero attached hydrogens (tertiary/aromatic N) is 2. The lowest BCUT2D eigenvalue weighted by molar-refractivity contribution is 0.0526. The normalized spacial score (nSPS) is 10.8. The van der Waals surface area contributed by atoms with Crippen molar-refractivity contribution >= 4 is 39.7 Å². The van der Waals surface area contributed by atoms with E-state index in [-0.39, 0.29) is 16.7 Å². The maximum Gasteiger partial charge on any atom is 0.367 e. The van der Waals surface area contributed by atoms with Gasteiger partial charge in [0.1, 0.15) is 28.6 Å². The third-order valence-corrected chi connectivity index (χ3v) is 6.36. The minimum absolute atomic E-state index is 0.139. The summed E-state index contributed by atoms with van der Waals surface area (Å²) in [7, 11) is 0. The van der Waals surface area contributed by atoms with E-state index in [1.165, 1.54) is 6.07 Å². The Balaban J connectivity index is 1.75. The molecule has 6 nitrogen and oxygen atoms in total. The quantitative estimate of drug-likeness (QED) is 0.342. The zero-order chi connectivity index (χ0) is 23.5. The van der Waals surface area contributed by atoms with Gasteiger partial charge in [0.15, 0.2) is 5.13 Å². The van der Waals surface area contributed by atoms with E-state index in [2.05, 4.69) is 15.3 Å². The predicted molar refractivity (Wildman–Crippen MR) is 124 cm³/mol. The van der Waals surface area contributed by atoms with E-state index in [0.29, 0.717) is 16.3 Å². The van der Waals surface area contributed by atoms with Gasteiger partial charge in [0, 0.05) is 5.38 Å². The summed E-state index contributed by atoms with van der Waals surface area (Å²) < 4.78 is 33.1. The molecule has 4 rings (SSSR count). The molecule has 0 radical (unpaired) electrons. The number of halogens is 2. The van der Waals surface area contributed by atoms with Crippen molar-refractivity contribution in [1.82, 2.24) is 9.97 Å². The van der Waals surface area contributed by atoms with Crippen molar-refractivity contribution in [3.8, 4) is 21.8 Å². The number of carbonyl (C=O) groups is 2. The number of esters is 1. The fourth-order valence-corrected chi connectivity index (χ4v) is 4.73. The van der Waals surface area contributed by atoms with Crippen molar-refractivity contribution in [2.24, 2.45) is 0 Å². The summed E-state index contributed by atoms with van der Waals surface area (Å²) >= 11 is 2.26. The number of aryl methyl sites for hydroxylation is 1. The van der Waals surface area contributed by atoms with Gasteiger partial charge in [-0.2, -0.15) is 0 Å². The van der Waals surface area contributed by atoms with Gasteiger partial charge in [0.2, 0.25) is 5.01 Å². The summed E-state index contributed by atoms with van der Waals surface area (Å²) in [6.07, 6.45) is 0. The number of anilines is 1. The molecular formula is C23H17F2N3O3S2. The maximum atomic E-state index is 14.0. The number of rotatable bonds is 6. The van der Waals surface area contributed by atoms with E-state index >= 15 is 0 Å². The molecule has 2 heterocycles. The molecule has 2 aromatic carbocycles. The van der Waals surface area contributed by atoms with Crippen molar-refractivity contribution in [1.29, 1.82) is 0 Å². The number of hydrogen-bond donors (Lipinski definition) is 1. The van der Waals surface area contributed by atoms with E-state index in [4.69, 9.17) is 4.74 Å². The zero-order valence-electron chi connectivity index (χ0n) is 17.5. The second-order valence-electron chi connectivity index (χ2n) is 6.88. The Labute approximate surface area is 195 Å². The molecule has 0 atom stereocenters. The van der Waals surface area contributed by atoms with Gasteiger partial charge in [0.05, 0.1) is 11.5 Å². The molecule has 0 spiro atoms. The molecule has 0 saturated carbocycles. The minimum atomic E-state index is -0.971. The van der Waals surface area contributed by atoms with Crippen LogP contribution in [0.25, 0.3) is 21.8 Å². The lowest BCUT2D eigenvalue weighted by Gasteiger charge is -2.04. The van der Waals surface area contributed by atoms with Gasteiger partial charge < -0.3 is 4.74 Å². The van der Waals surface area contributed by atoms with Gasteiger partial charge in [-0.05, 0) is 31.5 Å². The smallest absolute Gasteiger partial charge is 0.367 e. The van der Waals surface area contributed by atoms with Gasteiger partial charge in [-0.1, -0.05) is 47.2 Å². The Morgan fingerprint density at radius 3 is 2.52 bits per heavy atom. The van der Waals surface area contributed by atoms with Crippen molar-refractivity contribution < 1.29 is 23.1 Å². The first kappa shape index (κ1) is 22.7.